The Morgan fingerprint density at radius 1 is 1.46 bits per heavy atom. The maximum atomic E-state index is 5.74. The first-order valence-corrected chi connectivity index (χ1v) is 4.89. The second-order valence-electron chi connectivity index (χ2n) is 3.51. The Bertz CT molecular complexity index is 239. The van der Waals surface area contributed by atoms with Gasteiger partial charge in [-0.3, -0.25) is 4.90 Å². The van der Waals surface area contributed by atoms with Gasteiger partial charge in [0.05, 0.1) is 12.3 Å². The molecular formula is C10H16N2O. The highest BCUT2D eigenvalue weighted by atomic mass is 16.3. The van der Waals surface area contributed by atoms with Crippen LogP contribution in [0, 0.1) is 0 Å². The Labute approximate surface area is 78.5 Å². The quantitative estimate of drug-likeness (QED) is 0.764. The topological polar surface area (TPSA) is 42.4 Å². The van der Waals surface area contributed by atoms with Crippen LogP contribution in [-0.4, -0.2) is 24.5 Å². The summed E-state index contributed by atoms with van der Waals surface area (Å²) in [6, 6.07) is 4.22. The highest BCUT2D eigenvalue weighted by Gasteiger charge is 2.23. The zero-order valence-electron chi connectivity index (χ0n) is 7.78. The second kappa shape index (κ2) is 3.94. The molecule has 1 fully saturated rings. The highest BCUT2D eigenvalue weighted by molar-refractivity contribution is 5.05. The van der Waals surface area contributed by atoms with Crippen molar-refractivity contribution in [2.24, 2.45) is 5.73 Å². The number of likely N-dealkylation sites (tertiary alicyclic amines) is 1. The molecule has 0 aliphatic carbocycles. The van der Waals surface area contributed by atoms with Crippen LogP contribution < -0.4 is 5.73 Å². The van der Waals surface area contributed by atoms with Crippen molar-refractivity contribution >= 4 is 0 Å². The van der Waals surface area contributed by atoms with Crippen LogP contribution in [-0.2, 0) is 0 Å². The molecule has 0 saturated carbocycles. The summed E-state index contributed by atoms with van der Waals surface area (Å²) in [6.07, 6.45) is 4.29. The van der Waals surface area contributed by atoms with Crippen molar-refractivity contribution in [3.63, 3.8) is 0 Å². The van der Waals surface area contributed by atoms with Crippen LogP contribution in [0.2, 0.25) is 0 Å². The van der Waals surface area contributed by atoms with Crippen molar-refractivity contribution in [2.75, 3.05) is 19.6 Å². The van der Waals surface area contributed by atoms with Gasteiger partial charge in [0.1, 0.15) is 5.76 Å². The van der Waals surface area contributed by atoms with E-state index >= 15 is 0 Å². The number of nitrogens with two attached hydrogens (primary N) is 1. The number of nitrogens with zero attached hydrogens (tertiary/aromatic N) is 1. The normalized spacial score (nSPS) is 20.7. The smallest absolute Gasteiger partial charge is 0.122 e. The molecular weight excluding hydrogens is 164 g/mol. The van der Waals surface area contributed by atoms with Crippen LogP contribution in [0.25, 0.3) is 0 Å². The Hall–Kier alpha value is -0.800. The molecule has 0 amide bonds. The van der Waals surface area contributed by atoms with Crippen LogP contribution >= 0.6 is 0 Å². The van der Waals surface area contributed by atoms with Crippen molar-refractivity contribution in [1.29, 1.82) is 0 Å². The third-order valence-electron chi connectivity index (χ3n) is 2.68. The van der Waals surface area contributed by atoms with Gasteiger partial charge in [-0.15, -0.1) is 0 Å². The van der Waals surface area contributed by atoms with Gasteiger partial charge in [0.25, 0.3) is 0 Å². The van der Waals surface area contributed by atoms with E-state index in [-0.39, 0.29) is 6.04 Å². The molecule has 1 aliphatic rings. The van der Waals surface area contributed by atoms with Crippen LogP contribution in [0.4, 0.5) is 0 Å². The SMILES string of the molecule is NC[C@@H](c1ccco1)N1CCCC1. The predicted molar refractivity (Wildman–Crippen MR) is 51.3 cm³/mol. The van der Waals surface area contributed by atoms with E-state index in [1.54, 1.807) is 6.26 Å². The van der Waals surface area contributed by atoms with E-state index in [9.17, 15) is 0 Å². The van der Waals surface area contributed by atoms with Crippen LogP contribution in [0.3, 0.4) is 0 Å². The lowest BCUT2D eigenvalue weighted by Gasteiger charge is -2.23. The number of rotatable bonds is 3. The number of hydrogen-bond donors (Lipinski definition) is 1. The monoisotopic (exact) mass is 180 g/mol. The van der Waals surface area contributed by atoms with Gasteiger partial charge < -0.3 is 10.2 Å². The minimum absolute atomic E-state index is 0.289. The maximum Gasteiger partial charge on any atom is 0.122 e. The van der Waals surface area contributed by atoms with Gasteiger partial charge in [0.2, 0.25) is 0 Å². The summed E-state index contributed by atoms with van der Waals surface area (Å²) in [4.78, 5) is 2.40. The first-order chi connectivity index (χ1) is 6.42. The molecule has 2 heterocycles. The predicted octanol–water partition coefficient (Wildman–Crippen LogP) is 1.38. The molecule has 1 aromatic heterocycles. The van der Waals surface area contributed by atoms with Crippen LogP contribution in [0.15, 0.2) is 22.8 Å². The lowest BCUT2D eigenvalue weighted by Crippen LogP contribution is -2.30. The van der Waals surface area contributed by atoms with E-state index in [1.165, 1.54) is 12.8 Å². The average molecular weight is 180 g/mol. The molecule has 2 N–H and O–H groups in total. The zero-order chi connectivity index (χ0) is 9.10. The molecule has 2 rings (SSSR count). The highest BCUT2D eigenvalue weighted by Crippen LogP contribution is 2.23. The molecule has 0 spiro atoms. The van der Waals surface area contributed by atoms with E-state index < -0.39 is 0 Å². The van der Waals surface area contributed by atoms with Gasteiger partial charge in [0, 0.05) is 6.54 Å². The van der Waals surface area contributed by atoms with Crippen molar-refractivity contribution < 1.29 is 4.42 Å². The average Bonchev–Trinajstić information content (AvgIpc) is 2.76. The first-order valence-electron chi connectivity index (χ1n) is 4.89. The van der Waals surface area contributed by atoms with E-state index in [0.29, 0.717) is 6.54 Å². The molecule has 13 heavy (non-hydrogen) atoms. The molecule has 3 nitrogen and oxygen atoms in total. The second-order valence-corrected chi connectivity index (χ2v) is 3.51. The molecule has 0 unspecified atom stereocenters. The van der Waals surface area contributed by atoms with E-state index in [4.69, 9.17) is 10.2 Å². The first kappa shape index (κ1) is 8.78. The van der Waals surface area contributed by atoms with Gasteiger partial charge in [0.15, 0.2) is 0 Å². The Kier molecular flexibility index (Phi) is 2.66. The van der Waals surface area contributed by atoms with Crippen molar-refractivity contribution in [3.05, 3.63) is 24.2 Å². The van der Waals surface area contributed by atoms with Crippen molar-refractivity contribution in [3.8, 4) is 0 Å². The fourth-order valence-electron chi connectivity index (χ4n) is 1.98. The van der Waals surface area contributed by atoms with Gasteiger partial charge in [-0.05, 0) is 38.1 Å². The number of hydrogen-bond acceptors (Lipinski definition) is 3. The fraction of sp³-hybridized carbons (Fsp3) is 0.600. The summed E-state index contributed by atoms with van der Waals surface area (Å²) in [6.45, 7) is 2.96. The lowest BCUT2D eigenvalue weighted by atomic mass is 10.2. The zero-order valence-corrected chi connectivity index (χ0v) is 7.78. The van der Waals surface area contributed by atoms with Crippen LogP contribution in [0.1, 0.15) is 24.6 Å². The lowest BCUT2D eigenvalue weighted by molar-refractivity contribution is 0.221. The van der Waals surface area contributed by atoms with Crippen molar-refractivity contribution in [1.82, 2.24) is 4.90 Å². The van der Waals surface area contributed by atoms with Gasteiger partial charge in [-0.2, -0.15) is 0 Å². The maximum absolute atomic E-state index is 5.74. The van der Waals surface area contributed by atoms with Gasteiger partial charge in [-0.25, -0.2) is 0 Å². The third kappa shape index (κ3) is 1.76. The molecule has 0 radical (unpaired) electrons. The minimum Gasteiger partial charge on any atom is -0.468 e. The third-order valence-corrected chi connectivity index (χ3v) is 2.68. The summed E-state index contributed by atoms with van der Waals surface area (Å²) in [7, 11) is 0. The van der Waals surface area contributed by atoms with E-state index in [2.05, 4.69) is 4.90 Å². The van der Waals surface area contributed by atoms with Crippen LogP contribution in [0.5, 0.6) is 0 Å². The van der Waals surface area contributed by atoms with Crippen molar-refractivity contribution in [2.45, 2.75) is 18.9 Å². The Morgan fingerprint density at radius 3 is 2.77 bits per heavy atom. The Balaban J connectivity index is 2.08. The van der Waals surface area contributed by atoms with E-state index in [0.717, 1.165) is 18.8 Å². The summed E-state index contributed by atoms with van der Waals surface area (Å²) >= 11 is 0. The molecule has 0 bridgehead atoms. The molecule has 72 valence electrons. The molecule has 0 aromatic carbocycles. The standard InChI is InChI=1S/C10H16N2O/c11-8-9(10-4-3-7-13-10)12-5-1-2-6-12/h3-4,7,9H,1-2,5-6,8,11H2/t9-/m0/s1. The largest absolute Gasteiger partial charge is 0.468 e. The molecule has 3 heteroatoms. The number of furan rings is 1. The van der Waals surface area contributed by atoms with Gasteiger partial charge >= 0.3 is 0 Å². The van der Waals surface area contributed by atoms with E-state index in [1.807, 2.05) is 12.1 Å². The summed E-state index contributed by atoms with van der Waals surface area (Å²) in [5, 5.41) is 0. The molecule has 1 aliphatic heterocycles. The summed E-state index contributed by atoms with van der Waals surface area (Å²) in [5.74, 6) is 1.00. The molecule has 1 saturated heterocycles. The Morgan fingerprint density at radius 2 is 2.23 bits per heavy atom. The molecule has 1 aromatic rings. The minimum atomic E-state index is 0.289. The van der Waals surface area contributed by atoms with Gasteiger partial charge in [-0.1, -0.05) is 0 Å². The fourth-order valence-corrected chi connectivity index (χ4v) is 1.98. The molecule has 1 atom stereocenters. The summed E-state index contributed by atoms with van der Waals surface area (Å²) in [5.41, 5.74) is 5.74. The summed E-state index contributed by atoms with van der Waals surface area (Å²) < 4.78 is 5.38.